The molecule has 6 nitrogen and oxygen atoms in total. The Morgan fingerprint density at radius 3 is 2.76 bits per heavy atom. The van der Waals surface area contributed by atoms with Crippen molar-refractivity contribution in [1.82, 2.24) is 20.1 Å². The first-order valence-electron chi connectivity index (χ1n) is 9.82. The van der Waals surface area contributed by atoms with Crippen molar-refractivity contribution in [3.63, 3.8) is 0 Å². The summed E-state index contributed by atoms with van der Waals surface area (Å²) in [6, 6.07) is 11.4. The van der Waals surface area contributed by atoms with E-state index in [1.807, 2.05) is 36.5 Å². The Kier molecular flexibility index (Phi) is 5.92. The van der Waals surface area contributed by atoms with E-state index in [1.165, 1.54) is 6.20 Å². The number of aliphatic hydroxyl groups excluding tert-OH is 1. The number of aliphatic hydroxyl groups is 1. The maximum Gasteiger partial charge on any atom is 0.270 e. The maximum atomic E-state index is 12.6. The number of nitrogens with zero attached hydrogens (tertiary/aromatic N) is 3. The summed E-state index contributed by atoms with van der Waals surface area (Å²) in [7, 11) is 0. The molecule has 0 bridgehead atoms. The molecule has 0 spiro atoms. The number of pyridine rings is 1. The van der Waals surface area contributed by atoms with Crippen LogP contribution in [-0.2, 0) is 6.42 Å². The summed E-state index contributed by atoms with van der Waals surface area (Å²) in [4.78, 5) is 16.8. The molecule has 1 aliphatic rings. The van der Waals surface area contributed by atoms with Gasteiger partial charge >= 0.3 is 0 Å². The molecule has 150 valence electrons. The van der Waals surface area contributed by atoms with Gasteiger partial charge in [-0.1, -0.05) is 36.6 Å². The fraction of sp³-hybridized carbons (Fsp3) is 0.318. The lowest BCUT2D eigenvalue weighted by Crippen LogP contribution is -2.45. The SMILES string of the molecule is O=C(N[C@H]1CCCC[C@@H]1O)c1cc(Cc2ccc(-n3cccn3)cc2)c(Cl)cn1. The van der Waals surface area contributed by atoms with Crippen molar-refractivity contribution in [2.24, 2.45) is 0 Å². The molecule has 1 aliphatic carbocycles. The van der Waals surface area contributed by atoms with Gasteiger partial charge in [0.2, 0.25) is 0 Å². The van der Waals surface area contributed by atoms with E-state index in [-0.39, 0.29) is 11.9 Å². The Morgan fingerprint density at radius 2 is 2.03 bits per heavy atom. The highest BCUT2D eigenvalue weighted by Crippen LogP contribution is 2.22. The van der Waals surface area contributed by atoms with E-state index in [9.17, 15) is 9.90 Å². The summed E-state index contributed by atoms with van der Waals surface area (Å²) in [6.45, 7) is 0. The predicted octanol–water partition coefficient (Wildman–Crippen LogP) is 3.54. The van der Waals surface area contributed by atoms with E-state index < -0.39 is 6.10 Å². The molecule has 2 aromatic heterocycles. The summed E-state index contributed by atoms with van der Waals surface area (Å²) < 4.78 is 1.80. The quantitative estimate of drug-likeness (QED) is 0.674. The molecule has 1 saturated carbocycles. The van der Waals surface area contributed by atoms with Crippen LogP contribution in [-0.4, -0.2) is 37.9 Å². The van der Waals surface area contributed by atoms with E-state index in [0.29, 0.717) is 17.1 Å². The Labute approximate surface area is 174 Å². The van der Waals surface area contributed by atoms with Gasteiger partial charge < -0.3 is 10.4 Å². The lowest BCUT2D eigenvalue weighted by atomic mass is 9.92. The molecule has 1 amide bonds. The molecular formula is C22H23ClN4O2. The van der Waals surface area contributed by atoms with Gasteiger partial charge in [0.1, 0.15) is 5.69 Å². The molecule has 3 aromatic rings. The second-order valence-corrected chi connectivity index (χ2v) is 7.79. The third kappa shape index (κ3) is 4.66. The smallest absolute Gasteiger partial charge is 0.270 e. The summed E-state index contributed by atoms with van der Waals surface area (Å²) in [5.41, 5.74) is 3.20. The van der Waals surface area contributed by atoms with Crippen LogP contribution in [0.5, 0.6) is 0 Å². The topological polar surface area (TPSA) is 80.0 Å². The van der Waals surface area contributed by atoms with Crippen LogP contribution in [0.25, 0.3) is 5.69 Å². The average molecular weight is 411 g/mol. The molecule has 0 saturated heterocycles. The molecule has 0 unspecified atom stereocenters. The molecule has 7 heteroatoms. The van der Waals surface area contributed by atoms with Gasteiger partial charge in [-0.05, 0) is 54.7 Å². The minimum absolute atomic E-state index is 0.216. The molecule has 0 radical (unpaired) electrons. The van der Waals surface area contributed by atoms with Crippen LogP contribution in [0.2, 0.25) is 5.02 Å². The van der Waals surface area contributed by atoms with E-state index in [2.05, 4.69) is 15.4 Å². The van der Waals surface area contributed by atoms with Crippen molar-refractivity contribution < 1.29 is 9.90 Å². The second-order valence-electron chi connectivity index (χ2n) is 7.39. The van der Waals surface area contributed by atoms with E-state index in [0.717, 1.165) is 42.5 Å². The number of hydrogen-bond acceptors (Lipinski definition) is 4. The van der Waals surface area contributed by atoms with Gasteiger partial charge in [-0.15, -0.1) is 0 Å². The van der Waals surface area contributed by atoms with Crippen molar-refractivity contribution in [3.8, 4) is 5.69 Å². The molecule has 2 heterocycles. The Morgan fingerprint density at radius 1 is 1.24 bits per heavy atom. The first-order chi connectivity index (χ1) is 14.1. The third-order valence-electron chi connectivity index (χ3n) is 5.31. The lowest BCUT2D eigenvalue weighted by molar-refractivity contribution is 0.0713. The largest absolute Gasteiger partial charge is 0.391 e. The second kappa shape index (κ2) is 8.76. The molecular weight excluding hydrogens is 388 g/mol. The Hall–Kier alpha value is -2.70. The fourth-order valence-electron chi connectivity index (χ4n) is 3.67. The van der Waals surface area contributed by atoms with Crippen LogP contribution in [0.15, 0.2) is 55.0 Å². The number of aromatic nitrogens is 3. The Balaban J connectivity index is 1.47. The summed E-state index contributed by atoms with van der Waals surface area (Å²) in [5, 5.41) is 17.7. The average Bonchev–Trinajstić information content (AvgIpc) is 3.27. The van der Waals surface area contributed by atoms with Gasteiger partial charge in [0, 0.05) is 18.6 Å². The molecule has 2 atom stereocenters. The zero-order chi connectivity index (χ0) is 20.2. The standard InChI is InChI=1S/C22H23ClN4O2/c23-18-14-24-20(22(29)26-19-4-1-2-5-21(19)28)13-16(18)12-15-6-8-17(9-7-15)27-11-3-10-25-27/h3,6-11,13-14,19,21,28H,1-2,4-5,12H2,(H,26,29)/t19-,21-/m0/s1. The Bertz CT molecular complexity index is 973. The molecule has 2 N–H and O–H groups in total. The zero-order valence-electron chi connectivity index (χ0n) is 16.0. The van der Waals surface area contributed by atoms with E-state index in [1.54, 1.807) is 16.9 Å². The number of halogens is 1. The minimum atomic E-state index is -0.493. The van der Waals surface area contributed by atoms with Crippen molar-refractivity contribution in [2.45, 2.75) is 44.2 Å². The highest BCUT2D eigenvalue weighted by atomic mass is 35.5. The van der Waals surface area contributed by atoms with E-state index >= 15 is 0 Å². The summed E-state index contributed by atoms with van der Waals surface area (Å²) in [5.74, 6) is -0.275. The van der Waals surface area contributed by atoms with Crippen LogP contribution in [0.1, 0.15) is 47.3 Å². The number of benzene rings is 1. The molecule has 1 aromatic carbocycles. The van der Waals surface area contributed by atoms with Crippen LogP contribution in [0.4, 0.5) is 0 Å². The van der Waals surface area contributed by atoms with Gasteiger partial charge in [-0.3, -0.25) is 4.79 Å². The zero-order valence-corrected chi connectivity index (χ0v) is 16.7. The number of nitrogens with one attached hydrogen (secondary N) is 1. The van der Waals surface area contributed by atoms with Crippen molar-refractivity contribution in [1.29, 1.82) is 0 Å². The summed E-state index contributed by atoms with van der Waals surface area (Å²) in [6.07, 6.45) is 8.76. The fourth-order valence-corrected chi connectivity index (χ4v) is 3.84. The van der Waals surface area contributed by atoms with Crippen LogP contribution < -0.4 is 5.32 Å². The van der Waals surface area contributed by atoms with Gasteiger partial charge in [-0.25, -0.2) is 9.67 Å². The first-order valence-corrected chi connectivity index (χ1v) is 10.2. The molecule has 1 fully saturated rings. The summed E-state index contributed by atoms with van der Waals surface area (Å²) >= 11 is 6.33. The number of rotatable bonds is 5. The lowest BCUT2D eigenvalue weighted by Gasteiger charge is -2.28. The van der Waals surface area contributed by atoms with Gasteiger partial charge in [-0.2, -0.15) is 5.10 Å². The highest BCUT2D eigenvalue weighted by Gasteiger charge is 2.25. The predicted molar refractivity (Wildman–Crippen MR) is 111 cm³/mol. The van der Waals surface area contributed by atoms with Gasteiger partial charge in [0.05, 0.1) is 22.9 Å². The minimum Gasteiger partial charge on any atom is -0.391 e. The van der Waals surface area contributed by atoms with Gasteiger partial charge in [0.25, 0.3) is 5.91 Å². The van der Waals surface area contributed by atoms with Gasteiger partial charge in [0.15, 0.2) is 0 Å². The molecule has 0 aliphatic heterocycles. The van der Waals surface area contributed by atoms with Crippen molar-refractivity contribution in [2.75, 3.05) is 0 Å². The highest BCUT2D eigenvalue weighted by molar-refractivity contribution is 6.31. The first kappa shape index (κ1) is 19.6. The maximum absolute atomic E-state index is 12.6. The monoisotopic (exact) mass is 410 g/mol. The number of amides is 1. The molecule has 4 rings (SSSR count). The third-order valence-corrected chi connectivity index (χ3v) is 5.65. The number of carbonyl (C=O) groups is 1. The van der Waals surface area contributed by atoms with Crippen molar-refractivity contribution >= 4 is 17.5 Å². The van der Waals surface area contributed by atoms with Crippen LogP contribution >= 0.6 is 11.6 Å². The van der Waals surface area contributed by atoms with E-state index in [4.69, 9.17) is 11.6 Å². The van der Waals surface area contributed by atoms with Crippen LogP contribution in [0.3, 0.4) is 0 Å². The normalized spacial score (nSPS) is 19.1. The number of carbonyl (C=O) groups excluding carboxylic acids is 1. The van der Waals surface area contributed by atoms with Crippen molar-refractivity contribution in [3.05, 3.63) is 76.8 Å². The molecule has 29 heavy (non-hydrogen) atoms. The number of hydrogen-bond donors (Lipinski definition) is 2. The van der Waals surface area contributed by atoms with Crippen LogP contribution in [0, 0.1) is 0 Å².